The fourth-order valence-electron chi connectivity index (χ4n) is 1.91. The molecular formula is C10H19F3N2O2S. The van der Waals surface area contributed by atoms with Crippen molar-refractivity contribution < 1.29 is 21.6 Å². The molecule has 18 heavy (non-hydrogen) atoms. The Morgan fingerprint density at radius 3 is 2.56 bits per heavy atom. The van der Waals surface area contributed by atoms with Crippen molar-refractivity contribution in [2.75, 3.05) is 18.8 Å². The second-order valence-electron chi connectivity index (χ2n) is 4.95. The third-order valence-corrected chi connectivity index (χ3v) is 4.42. The van der Waals surface area contributed by atoms with Crippen molar-refractivity contribution >= 4 is 10.0 Å². The molecule has 0 spiro atoms. The molecule has 1 fully saturated rings. The average molecular weight is 288 g/mol. The van der Waals surface area contributed by atoms with Crippen molar-refractivity contribution in [2.24, 2.45) is 0 Å². The summed E-state index contributed by atoms with van der Waals surface area (Å²) in [6.45, 7) is 2.96. The number of rotatable bonds is 6. The number of alkyl halides is 3. The molecule has 0 saturated carbocycles. The molecule has 1 saturated heterocycles. The van der Waals surface area contributed by atoms with Crippen molar-refractivity contribution in [1.82, 2.24) is 10.0 Å². The molecule has 4 nitrogen and oxygen atoms in total. The van der Waals surface area contributed by atoms with Gasteiger partial charge in [-0.1, -0.05) is 0 Å². The van der Waals surface area contributed by atoms with E-state index >= 15 is 0 Å². The predicted octanol–water partition coefficient (Wildman–Crippen LogP) is 1.39. The normalized spacial score (nSPS) is 25.6. The summed E-state index contributed by atoms with van der Waals surface area (Å²) in [4.78, 5) is 0. The first-order valence-electron chi connectivity index (χ1n) is 5.91. The Hall–Kier alpha value is -0.340. The average Bonchev–Trinajstić information content (AvgIpc) is 2.61. The summed E-state index contributed by atoms with van der Waals surface area (Å²) in [5.74, 6) is -0.484. The van der Waals surface area contributed by atoms with Gasteiger partial charge in [-0.3, -0.25) is 0 Å². The van der Waals surface area contributed by atoms with Gasteiger partial charge in [-0.15, -0.1) is 0 Å². The van der Waals surface area contributed by atoms with E-state index in [1.165, 1.54) is 0 Å². The monoisotopic (exact) mass is 288 g/mol. The van der Waals surface area contributed by atoms with Crippen molar-refractivity contribution in [3.63, 3.8) is 0 Å². The molecule has 0 aromatic carbocycles. The number of halogens is 3. The Labute approximate surface area is 105 Å². The Morgan fingerprint density at radius 2 is 2.06 bits per heavy atom. The van der Waals surface area contributed by atoms with Gasteiger partial charge in [-0.05, 0) is 32.7 Å². The minimum absolute atomic E-state index is 0.224. The number of sulfonamides is 1. The molecule has 1 heterocycles. The van der Waals surface area contributed by atoms with Crippen LogP contribution >= 0.6 is 0 Å². The van der Waals surface area contributed by atoms with Gasteiger partial charge in [0.2, 0.25) is 10.0 Å². The molecule has 2 N–H and O–H groups in total. The maximum absolute atomic E-state index is 11.9. The predicted molar refractivity (Wildman–Crippen MR) is 62.7 cm³/mol. The lowest BCUT2D eigenvalue weighted by Crippen LogP contribution is -2.47. The maximum atomic E-state index is 11.9. The zero-order valence-electron chi connectivity index (χ0n) is 10.3. The molecular weight excluding hydrogens is 269 g/mol. The van der Waals surface area contributed by atoms with Crippen LogP contribution in [0.15, 0.2) is 0 Å². The summed E-state index contributed by atoms with van der Waals surface area (Å²) >= 11 is 0. The highest BCUT2D eigenvalue weighted by molar-refractivity contribution is 7.89. The van der Waals surface area contributed by atoms with Gasteiger partial charge in [-0.25, -0.2) is 13.1 Å². The summed E-state index contributed by atoms with van der Waals surface area (Å²) in [6, 6.07) is 0. The minimum Gasteiger partial charge on any atom is -0.310 e. The first kappa shape index (κ1) is 15.7. The molecule has 0 radical (unpaired) electrons. The van der Waals surface area contributed by atoms with E-state index < -0.39 is 34.8 Å². The fourth-order valence-corrected chi connectivity index (χ4v) is 3.12. The van der Waals surface area contributed by atoms with Crippen LogP contribution in [-0.2, 0) is 10.0 Å². The lowest BCUT2D eigenvalue weighted by molar-refractivity contribution is -0.134. The maximum Gasteiger partial charge on any atom is 0.389 e. The van der Waals surface area contributed by atoms with Crippen LogP contribution in [0, 0.1) is 0 Å². The molecule has 1 unspecified atom stereocenters. The third-order valence-electron chi connectivity index (χ3n) is 3.01. The van der Waals surface area contributed by atoms with Gasteiger partial charge in [0.05, 0.1) is 5.75 Å². The molecule has 1 aliphatic rings. The van der Waals surface area contributed by atoms with Crippen LogP contribution in [0.25, 0.3) is 0 Å². The molecule has 1 aliphatic heterocycles. The van der Waals surface area contributed by atoms with E-state index in [4.69, 9.17) is 0 Å². The smallest absolute Gasteiger partial charge is 0.310 e. The summed E-state index contributed by atoms with van der Waals surface area (Å²) in [7, 11) is -3.62. The van der Waals surface area contributed by atoms with E-state index in [2.05, 4.69) is 10.0 Å². The molecule has 0 aliphatic carbocycles. The Kier molecular flexibility index (Phi) is 5.02. The second kappa shape index (κ2) is 5.75. The van der Waals surface area contributed by atoms with Crippen LogP contribution in [0.2, 0.25) is 0 Å². The molecule has 0 amide bonds. The Morgan fingerprint density at radius 1 is 1.39 bits per heavy atom. The van der Waals surface area contributed by atoms with E-state index in [9.17, 15) is 21.6 Å². The van der Waals surface area contributed by atoms with Crippen LogP contribution in [0.4, 0.5) is 13.2 Å². The zero-order chi connectivity index (χ0) is 13.9. The number of hydrogen-bond donors (Lipinski definition) is 2. The van der Waals surface area contributed by atoms with E-state index in [1.807, 2.05) is 6.92 Å². The van der Waals surface area contributed by atoms with Crippen molar-refractivity contribution in [2.45, 2.75) is 44.3 Å². The standard InChI is InChI=1S/C10H19F3N2O2S/c1-9(4-2-6-14-9)8-15-18(16,17)7-3-5-10(11,12)13/h14-15H,2-8H2,1H3. The topological polar surface area (TPSA) is 58.2 Å². The summed E-state index contributed by atoms with van der Waals surface area (Å²) in [5.41, 5.74) is -0.281. The van der Waals surface area contributed by atoms with Crippen LogP contribution in [0.1, 0.15) is 32.6 Å². The van der Waals surface area contributed by atoms with E-state index in [1.54, 1.807) is 0 Å². The summed E-state index contributed by atoms with van der Waals surface area (Å²) in [6.07, 6.45) is -3.93. The van der Waals surface area contributed by atoms with Crippen molar-refractivity contribution in [3.05, 3.63) is 0 Å². The Bertz CT molecular complexity index is 362. The molecule has 0 aromatic heterocycles. The fraction of sp³-hybridized carbons (Fsp3) is 1.00. The van der Waals surface area contributed by atoms with Gasteiger partial charge >= 0.3 is 6.18 Å². The van der Waals surface area contributed by atoms with Crippen molar-refractivity contribution in [1.29, 1.82) is 0 Å². The quantitative estimate of drug-likeness (QED) is 0.776. The number of nitrogens with one attached hydrogen (secondary N) is 2. The molecule has 0 bridgehead atoms. The Balaban J connectivity index is 2.31. The van der Waals surface area contributed by atoms with E-state index in [-0.39, 0.29) is 12.1 Å². The van der Waals surface area contributed by atoms with Crippen LogP contribution in [0.5, 0.6) is 0 Å². The second-order valence-corrected chi connectivity index (χ2v) is 6.88. The molecule has 108 valence electrons. The van der Waals surface area contributed by atoms with E-state index in [0.717, 1.165) is 19.4 Å². The molecule has 1 atom stereocenters. The molecule has 0 aromatic rings. The lowest BCUT2D eigenvalue weighted by Gasteiger charge is -2.24. The van der Waals surface area contributed by atoms with Gasteiger partial charge in [0.25, 0.3) is 0 Å². The summed E-state index contributed by atoms with van der Waals surface area (Å²) < 4.78 is 61.1. The minimum atomic E-state index is -4.30. The highest BCUT2D eigenvalue weighted by atomic mass is 32.2. The first-order chi connectivity index (χ1) is 8.12. The van der Waals surface area contributed by atoms with E-state index in [0.29, 0.717) is 0 Å². The lowest BCUT2D eigenvalue weighted by atomic mass is 10.0. The molecule has 8 heteroatoms. The summed E-state index contributed by atoms with van der Waals surface area (Å²) in [5, 5.41) is 3.18. The third kappa shape index (κ3) is 6.01. The molecule has 1 rings (SSSR count). The largest absolute Gasteiger partial charge is 0.389 e. The van der Waals surface area contributed by atoms with Crippen LogP contribution < -0.4 is 10.0 Å². The van der Waals surface area contributed by atoms with Gasteiger partial charge in [0.1, 0.15) is 0 Å². The highest BCUT2D eigenvalue weighted by Crippen LogP contribution is 2.21. The van der Waals surface area contributed by atoms with Crippen LogP contribution in [0.3, 0.4) is 0 Å². The SMILES string of the molecule is CC1(CNS(=O)(=O)CCCC(F)(F)F)CCCN1. The highest BCUT2D eigenvalue weighted by Gasteiger charge is 2.30. The van der Waals surface area contributed by atoms with Crippen molar-refractivity contribution in [3.8, 4) is 0 Å². The number of hydrogen-bond acceptors (Lipinski definition) is 3. The van der Waals surface area contributed by atoms with Gasteiger partial charge in [0, 0.05) is 18.5 Å². The first-order valence-corrected chi connectivity index (χ1v) is 7.56. The van der Waals surface area contributed by atoms with Gasteiger partial charge in [-0.2, -0.15) is 13.2 Å². The van der Waals surface area contributed by atoms with Gasteiger partial charge in [0.15, 0.2) is 0 Å². The van der Waals surface area contributed by atoms with Gasteiger partial charge < -0.3 is 5.32 Å². The zero-order valence-corrected chi connectivity index (χ0v) is 11.1. The van der Waals surface area contributed by atoms with Crippen LogP contribution in [-0.4, -0.2) is 39.0 Å².